The second kappa shape index (κ2) is 22.7. The molecule has 2 nitrogen and oxygen atoms in total. The predicted octanol–water partition coefficient (Wildman–Crippen LogP) is 9.34. The van der Waals surface area contributed by atoms with Crippen LogP contribution in [0.1, 0.15) is 129 Å². The molecule has 0 saturated carbocycles. The molecule has 0 spiro atoms. The smallest absolute Gasteiger partial charge is 0.303 e. The Kier molecular flexibility index (Phi) is 22.3. The maximum Gasteiger partial charge on any atom is 0.303 e. The maximum atomic E-state index is 10.4. The zero-order valence-electron chi connectivity index (χ0n) is 18.4. The summed E-state index contributed by atoms with van der Waals surface area (Å²) in [6, 6.07) is 0. The van der Waals surface area contributed by atoms with Gasteiger partial charge in [0.15, 0.2) is 0 Å². The second-order valence-corrected chi connectivity index (χ2v) is 9.00. The van der Waals surface area contributed by atoms with Crippen LogP contribution in [-0.2, 0) is 4.79 Å². The summed E-state index contributed by atoms with van der Waals surface area (Å²) in [6.45, 7) is 2.28. The summed E-state index contributed by atoms with van der Waals surface area (Å²) in [7, 11) is 0. The van der Waals surface area contributed by atoms with Crippen LogP contribution in [0.25, 0.3) is 0 Å². The molecule has 0 aliphatic rings. The quantitative estimate of drug-likeness (QED) is 0.138. The minimum Gasteiger partial charge on any atom is -0.481 e. The number of allylic oxidation sites excluding steroid dienone is 4. The normalized spacial score (nSPS) is 12.1. The van der Waals surface area contributed by atoms with Crippen molar-refractivity contribution < 1.29 is 9.90 Å². The van der Waals surface area contributed by atoms with Gasteiger partial charge in [0, 0.05) is 6.42 Å². The van der Waals surface area contributed by atoms with Crippen LogP contribution in [0.2, 0.25) is 0 Å². The van der Waals surface area contributed by atoms with E-state index in [0.717, 1.165) is 25.7 Å². The summed E-state index contributed by atoms with van der Waals surface area (Å²) in [6.07, 6.45) is 30.2. The molecule has 0 aromatic rings. The fraction of sp³-hybridized carbons (Fsp3) is 0.800. The maximum absolute atomic E-state index is 10.4. The van der Waals surface area contributed by atoms with Gasteiger partial charge in [0.05, 0.1) is 0 Å². The van der Waals surface area contributed by atoms with Crippen LogP contribution in [0.15, 0.2) is 22.7 Å². The Morgan fingerprint density at radius 3 is 1.71 bits per heavy atom. The van der Waals surface area contributed by atoms with Gasteiger partial charge in [-0.1, -0.05) is 118 Å². The minimum absolute atomic E-state index is 0.260. The average Bonchev–Trinajstić information content (AvgIpc) is 2.67. The van der Waals surface area contributed by atoms with Crippen molar-refractivity contribution in [3.63, 3.8) is 0 Å². The third-order valence-electron chi connectivity index (χ3n) is 5.15. The number of carboxylic acid groups (broad SMARTS) is 1. The molecule has 0 bridgehead atoms. The fourth-order valence-electron chi connectivity index (χ4n) is 3.35. The Bertz CT molecular complexity index is 401. The van der Waals surface area contributed by atoms with Crippen molar-refractivity contribution in [3.8, 4) is 0 Å². The summed E-state index contributed by atoms with van der Waals surface area (Å²) in [4.78, 5) is 10.4. The molecule has 0 unspecified atom stereocenters. The van der Waals surface area contributed by atoms with Gasteiger partial charge < -0.3 is 5.11 Å². The lowest BCUT2D eigenvalue weighted by molar-refractivity contribution is -0.137. The summed E-state index contributed by atoms with van der Waals surface area (Å²) < 4.78 is 1.20. The van der Waals surface area contributed by atoms with Crippen LogP contribution in [0.4, 0.5) is 0 Å². The van der Waals surface area contributed by atoms with E-state index in [1.165, 1.54) is 94.4 Å². The Hall–Kier alpha value is -0.570. The van der Waals surface area contributed by atoms with E-state index in [9.17, 15) is 4.79 Å². The highest BCUT2D eigenvalue weighted by Crippen LogP contribution is 2.16. The van der Waals surface area contributed by atoms with Crippen molar-refractivity contribution in [1.29, 1.82) is 0 Å². The number of hydrogen-bond donors (Lipinski definition) is 1. The van der Waals surface area contributed by atoms with Crippen molar-refractivity contribution in [2.75, 3.05) is 0 Å². The van der Waals surface area contributed by atoms with E-state index < -0.39 is 5.97 Å². The summed E-state index contributed by atoms with van der Waals surface area (Å²) in [5, 5.41) is 8.60. The number of carboxylic acids is 1. The van der Waals surface area contributed by atoms with Crippen molar-refractivity contribution in [1.82, 2.24) is 0 Å². The average molecular weight is 458 g/mol. The summed E-state index contributed by atoms with van der Waals surface area (Å²) >= 11 is 3.57. The molecule has 3 heteroatoms. The first kappa shape index (κ1) is 27.4. The summed E-state index contributed by atoms with van der Waals surface area (Å²) in [5.41, 5.74) is 0. The molecule has 0 atom stereocenters. The van der Waals surface area contributed by atoms with E-state index >= 15 is 0 Å². The van der Waals surface area contributed by atoms with Crippen LogP contribution >= 0.6 is 15.9 Å². The minimum atomic E-state index is -0.708. The van der Waals surface area contributed by atoms with Gasteiger partial charge in [-0.25, -0.2) is 0 Å². The standard InChI is InChI=1S/C25H45BrO2/c1-2-3-4-5-6-7-8-9-10-11-12-13-14-15-16-17-18-21-24(26)22-19-20-23-25(27)28/h16-17,22H,2-15,18-21,23H2,1H3,(H,27,28)/b17-16+,24-22-. The Morgan fingerprint density at radius 1 is 0.679 bits per heavy atom. The van der Waals surface area contributed by atoms with Crippen LogP contribution in [-0.4, -0.2) is 11.1 Å². The molecule has 0 aliphatic heterocycles. The first-order valence-corrected chi connectivity index (χ1v) is 12.7. The first-order valence-electron chi connectivity index (χ1n) is 11.9. The number of rotatable bonds is 21. The van der Waals surface area contributed by atoms with Crippen LogP contribution < -0.4 is 0 Å². The number of halogens is 1. The highest BCUT2D eigenvalue weighted by molar-refractivity contribution is 9.11. The third kappa shape index (κ3) is 23.5. The van der Waals surface area contributed by atoms with Crippen LogP contribution in [0, 0.1) is 0 Å². The molecule has 0 aromatic heterocycles. The van der Waals surface area contributed by atoms with Gasteiger partial charge in [0.2, 0.25) is 0 Å². The molecule has 0 radical (unpaired) electrons. The highest BCUT2D eigenvalue weighted by atomic mass is 79.9. The largest absolute Gasteiger partial charge is 0.481 e. The zero-order valence-corrected chi connectivity index (χ0v) is 20.0. The number of carbonyl (C=O) groups is 1. The van der Waals surface area contributed by atoms with E-state index in [0.29, 0.717) is 0 Å². The molecule has 0 amide bonds. The molecule has 0 saturated heterocycles. The SMILES string of the molecule is CCCCCCCCCCCCCCC/C=C/CC/C(Br)=C/CCCC(=O)O. The topological polar surface area (TPSA) is 37.3 Å². The van der Waals surface area contributed by atoms with Gasteiger partial charge in [-0.3, -0.25) is 4.79 Å². The van der Waals surface area contributed by atoms with E-state index in [1.54, 1.807) is 0 Å². The lowest BCUT2D eigenvalue weighted by atomic mass is 10.0. The van der Waals surface area contributed by atoms with E-state index in [4.69, 9.17) is 5.11 Å². The van der Waals surface area contributed by atoms with Gasteiger partial charge in [-0.05, 0) is 43.0 Å². The van der Waals surface area contributed by atoms with Gasteiger partial charge >= 0.3 is 5.97 Å². The molecule has 164 valence electrons. The van der Waals surface area contributed by atoms with Gasteiger partial charge in [0.25, 0.3) is 0 Å². The molecular weight excluding hydrogens is 412 g/mol. The predicted molar refractivity (Wildman–Crippen MR) is 127 cm³/mol. The Labute approximate surface area is 183 Å². The van der Waals surface area contributed by atoms with Crippen molar-refractivity contribution in [2.24, 2.45) is 0 Å². The lowest BCUT2D eigenvalue weighted by Crippen LogP contribution is -1.92. The monoisotopic (exact) mass is 456 g/mol. The van der Waals surface area contributed by atoms with Crippen molar-refractivity contribution in [3.05, 3.63) is 22.7 Å². The van der Waals surface area contributed by atoms with Gasteiger partial charge in [0.1, 0.15) is 0 Å². The van der Waals surface area contributed by atoms with Crippen molar-refractivity contribution in [2.45, 2.75) is 129 Å². The van der Waals surface area contributed by atoms with Crippen molar-refractivity contribution >= 4 is 21.9 Å². The Balaban J connectivity index is 3.27. The summed E-state index contributed by atoms with van der Waals surface area (Å²) in [5.74, 6) is -0.708. The molecular formula is C25H45BrO2. The van der Waals surface area contributed by atoms with Crippen LogP contribution in [0.5, 0.6) is 0 Å². The molecule has 0 aliphatic carbocycles. The van der Waals surface area contributed by atoms with E-state index in [1.807, 2.05) is 0 Å². The molecule has 28 heavy (non-hydrogen) atoms. The van der Waals surface area contributed by atoms with Crippen LogP contribution in [0.3, 0.4) is 0 Å². The number of unbranched alkanes of at least 4 members (excludes halogenated alkanes) is 14. The third-order valence-corrected chi connectivity index (χ3v) is 5.87. The fourth-order valence-corrected chi connectivity index (χ4v) is 3.81. The molecule has 0 rings (SSSR count). The lowest BCUT2D eigenvalue weighted by Gasteiger charge is -2.02. The second-order valence-electron chi connectivity index (χ2n) is 7.98. The first-order chi connectivity index (χ1) is 13.7. The Morgan fingerprint density at radius 2 is 1.18 bits per heavy atom. The molecule has 0 heterocycles. The highest BCUT2D eigenvalue weighted by Gasteiger charge is 1.96. The van der Waals surface area contributed by atoms with Gasteiger partial charge in [-0.15, -0.1) is 0 Å². The van der Waals surface area contributed by atoms with Gasteiger partial charge in [-0.2, -0.15) is 0 Å². The molecule has 0 aromatic carbocycles. The zero-order chi connectivity index (χ0) is 20.7. The molecule has 1 N–H and O–H groups in total. The number of aliphatic carboxylic acids is 1. The van der Waals surface area contributed by atoms with E-state index in [2.05, 4.69) is 41.1 Å². The number of hydrogen-bond acceptors (Lipinski definition) is 1. The molecule has 0 fully saturated rings. The van der Waals surface area contributed by atoms with E-state index in [-0.39, 0.29) is 6.42 Å².